The lowest BCUT2D eigenvalue weighted by Crippen LogP contribution is -2.55. The van der Waals surface area contributed by atoms with Crippen molar-refractivity contribution in [2.75, 3.05) is 23.8 Å². The third kappa shape index (κ3) is 1.46. The van der Waals surface area contributed by atoms with Crippen molar-refractivity contribution in [3.63, 3.8) is 0 Å². The number of anilines is 2. The highest BCUT2D eigenvalue weighted by molar-refractivity contribution is 6.11. The van der Waals surface area contributed by atoms with E-state index < -0.39 is 5.54 Å². The number of ether oxygens (including phenoxy) is 1. The van der Waals surface area contributed by atoms with Crippen molar-refractivity contribution in [2.24, 2.45) is 0 Å². The summed E-state index contributed by atoms with van der Waals surface area (Å²) in [5, 5.41) is 7.41. The number of pyridine rings is 1. The Bertz CT molecular complexity index is 658. The fraction of sp³-hybridized carbons (Fsp3) is 0.385. The highest BCUT2D eigenvalue weighted by Crippen LogP contribution is 2.39. The molecule has 6 nitrogen and oxygen atoms in total. The zero-order chi connectivity index (χ0) is 12.9. The summed E-state index contributed by atoms with van der Waals surface area (Å²) in [6.45, 7) is 1.22. The van der Waals surface area contributed by atoms with Crippen molar-refractivity contribution in [1.82, 2.24) is 9.97 Å². The first-order valence-corrected chi connectivity index (χ1v) is 6.42. The van der Waals surface area contributed by atoms with Gasteiger partial charge in [0.2, 0.25) is 5.91 Å². The molecule has 0 atom stereocenters. The molecule has 98 valence electrons. The number of hydrogen-bond donors (Lipinski definition) is 3. The van der Waals surface area contributed by atoms with E-state index in [-0.39, 0.29) is 5.91 Å². The first kappa shape index (κ1) is 10.8. The molecule has 1 saturated heterocycles. The summed E-state index contributed by atoms with van der Waals surface area (Å²) < 4.78 is 5.37. The molecule has 6 heteroatoms. The average molecular weight is 258 g/mol. The summed E-state index contributed by atoms with van der Waals surface area (Å²) in [6, 6.07) is 1.97. The van der Waals surface area contributed by atoms with Crippen molar-refractivity contribution < 1.29 is 9.53 Å². The standard InChI is InChI=1S/C13H14N4O2/c18-12-13(2-5-19-6-3-13)17-10-8-1-4-14-11(8)15-7-9(10)16-12/h1,4,7,17H,2-3,5-6H2,(H,14,15)(H,16,18). The Balaban J connectivity index is 1.86. The molecule has 0 aromatic carbocycles. The maximum Gasteiger partial charge on any atom is 0.250 e. The highest BCUT2D eigenvalue weighted by atomic mass is 16.5. The van der Waals surface area contributed by atoms with Crippen molar-refractivity contribution in [1.29, 1.82) is 0 Å². The molecule has 0 unspecified atom stereocenters. The van der Waals surface area contributed by atoms with E-state index in [1.165, 1.54) is 0 Å². The molecule has 2 aromatic rings. The number of aromatic amines is 1. The Hall–Kier alpha value is -2.08. The van der Waals surface area contributed by atoms with Gasteiger partial charge in [-0.25, -0.2) is 4.98 Å². The molecular weight excluding hydrogens is 244 g/mol. The lowest BCUT2D eigenvalue weighted by Gasteiger charge is -2.41. The molecule has 1 spiro atoms. The van der Waals surface area contributed by atoms with Crippen LogP contribution in [-0.2, 0) is 9.53 Å². The van der Waals surface area contributed by atoms with Crippen LogP contribution in [0.2, 0.25) is 0 Å². The zero-order valence-electron chi connectivity index (χ0n) is 10.3. The Morgan fingerprint density at radius 2 is 2.16 bits per heavy atom. The van der Waals surface area contributed by atoms with Crippen LogP contribution in [0.1, 0.15) is 12.8 Å². The van der Waals surface area contributed by atoms with Crippen LogP contribution in [0.5, 0.6) is 0 Å². The summed E-state index contributed by atoms with van der Waals surface area (Å²) >= 11 is 0. The third-order valence-electron chi connectivity index (χ3n) is 3.98. The molecule has 4 heterocycles. The molecule has 1 amide bonds. The van der Waals surface area contributed by atoms with Crippen LogP contribution in [0.15, 0.2) is 18.5 Å². The monoisotopic (exact) mass is 258 g/mol. The second-order valence-corrected chi connectivity index (χ2v) is 5.06. The van der Waals surface area contributed by atoms with Gasteiger partial charge in [-0.05, 0) is 6.07 Å². The van der Waals surface area contributed by atoms with Crippen LogP contribution in [0.4, 0.5) is 11.4 Å². The van der Waals surface area contributed by atoms with E-state index in [2.05, 4.69) is 20.6 Å². The minimum atomic E-state index is -0.545. The molecule has 1 fully saturated rings. The number of nitrogens with zero attached hydrogens (tertiary/aromatic N) is 1. The SMILES string of the molecule is O=C1Nc2cnc3[nH]ccc3c2NC12CCOCC2. The van der Waals surface area contributed by atoms with E-state index in [4.69, 9.17) is 4.74 Å². The summed E-state index contributed by atoms with van der Waals surface area (Å²) in [6.07, 6.45) is 4.91. The van der Waals surface area contributed by atoms with Gasteiger partial charge in [-0.15, -0.1) is 0 Å². The topological polar surface area (TPSA) is 79.0 Å². The van der Waals surface area contributed by atoms with E-state index >= 15 is 0 Å². The second kappa shape index (κ2) is 3.71. The Labute approximate surface area is 109 Å². The van der Waals surface area contributed by atoms with E-state index in [1.807, 2.05) is 12.3 Å². The smallest absolute Gasteiger partial charge is 0.250 e. The van der Waals surface area contributed by atoms with Crippen LogP contribution >= 0.6 is 0 Å². The molecule has 0 radical (unpaired) electrons. The molecule has 0 saturated carbocycles. The van der Waals surface area contributed by atoms with E-state index in [0.717, 1.165) is 22.4 Å². The Kier molecular flexibility index (Phi) is 2.11. The van der Waals surface area contributed by atoms with Crippen molar-refractivity contribution in [3.8, 4) is 0 Å². The lowest BCUT2D eigenvalue weighted by molar-refractivity contribution is -0.123. The Morgan fingerprint density at radius 3 is 3.00 bits per heavy atom. The molecular formula is C13H14N4O2. The number of H-pyrrole nitrogens is 1. The highest BCUT2D eigenvalue weighted by Gasteiger charge is 2.43. The minimum Gasteiger partial charge on any atom is -0.381 e. The normalized spacial score (nSPS) is 20.9. The van der Waals surface area contributed by atoms with E-state index in [0.29, 0.717) is 26.1 Å². The van der Waals surface area contributed by atoms with Gasteiger partial charge in [0.15, 0.2) is 0 Å². The first-order valence-electron chi connectivity index (χ1n) is 6.42. The van der Waals surface area contributed by atoms with Gasteiger partial charge in [0.1, 0.15) is 11.2 Å². The van der Waals surface area contributed by atoms with Crippen LogP contribution in [0.25, 0.3) is 11.0 Å². The van der Waals surface area contributed by atoms with Gasteiger partial charge in [0, 0.05) is 37.6 Å². The zero-order valence-corrected chi connectivity index (χ0v) is 10.3. The number of carbonyl (C=O) groups excluding carboxylic acids is 1. The van der Waals surface area contributed by atoms with Gasteiger partial charge in [-0.1, -0.05) is 0 Å². The van der Waals surface area contributed by atoms with Crippen LogP contribution in [0, 0.1) is 0 Å². The van der Waals surface area contributed by atoms with Crippen LogP contribution in [0.3, 0.4) is 0 Å². The molecule has 2 aliphatic rings. The molecule has 2 aromatic heterocycles. The number of amides is 1. The quantitative estimate of drug-likeness (QED) is 0.668. The number of nitrogens with one attached hydrogen (secondary N) is 3. The van der Waals surface area contributed by atoms with Crippen LogP contribution < -0.4 is 10.6 Å². The van der Waals surface area contributed by atoms with Gasteiger partial charge in [0.25, 0.3) is 0 Å². The molecule has 3 N–H and O–H groups in total. The summed E-state index contributed by atoms with van der Waals surface area (Å²) in [7, 11) is 0. The number of carbonyl (C=O) groups is 1. The van der Waals surface area contributed by atoms with Crippen molar-refractivity contribution >= 4 is 28.3 Å². The first-order chi connectivity index (χ1) is 9.28. The van der Waals surface area contributed by atoms with Crippen molar-refractivity contribution in [2.45, 2.75) is 18.4 Å². The number of hydrogen-bond acceptors (Lipinski definition) is 4. The van der Waals surface area contributed by atoms with Gasteiger partial charge >= 0.3 is 0 Å². The minimum absolute atomic E-state index is 0.0139. The molecule has 0 bridgehead atoms. The van der Waals surface area contributed by atoms with Gasteiger partial charge < -0.3 is 20.4 Å². The molecule has 19 heavy (non-hydrogen) atoms. The number of aromatic nitrogens is 2. The largest absolute Gasteiger partial charge is 0.381 e. The molecule has 4 rings (SSSR count). The average Bonchev–Trinajstić information content (AvgIpc) is 2.90. The lowest BCUT2D eigenvalue weighted by atomic mass is 9.86. The van der Waals surface area contributed by atoms with Crippen molar-refractivity contribution in [3.05, 3.63) is 18.5 Å². The summed E-state index contributed by atoms with van der Waals surface area (Å²) in [5.74, 6) is 0.0139. The third-order valence-corrected chi connectivity index (χ3v) is 3.98. The molecule has 0 aliphatic carbocycles. The predicted molar refractivity (Wildman–Crippen MR) is 71.1 cm³/mol. The van der Waals surface area contributed by atoms with E-state index in [1.54, 1.807) is 6.20 Å². The van der Waals surface area contributed by atoms with Gasteiger partial charge in [-0.3, -0.25) is 4.79 Å². The number of rotatable bonds is 0. The van der Waals surface area contributed by atoms with Crippen LogP contribution in [-0.4, -0.2) is 34.6 Å². The fourth-order valence-corrected chi connectivity index (χ4v) is 2.85. The number of fused-ring (bicyclic) bond motifs is 3. The van der Waals surface area contributed by atoms with E-state index in [9.17, 15) is 4.79 Å². The molecule has 2 aliphatic heterocycles. The van der Waals surface area contributed by atoms with Gasteiger partial charge in [0.05, 0.1) is 17.6 Å². The fourth-order valence-electron chi connectivity index (χ4n) is 2.85. The second-order valence-electron chi connectivity index (χ2n) is 5.06. The Morgan fingerprint density at radius 1 is 1.32 bits per heavy atom. The summed E-state index contributed by atoms with van der Waals surface area (Å²) in [5.41, 5.74) is 1.98. The maximum atomic E-state index is 12.3. The predicted octanol–water partition coefficient (Wildman–Crippen LogP) is 1.48. The van der Waals surface area contributed by atoms with Gasteiger partial charge in [-0.2, -0.15) is 0 Å². The summed E-state index contributed by atoms with van der Waals surface area (Å²) in [4.78, 5) is 19.7. The maximum absolute atomic E-state index is 12.3.